The first-order chi connectivity index (χ1) is 13.2. The Kier molecular flexibility index (Phi) is 6.65. The van der Waals surface area contributed by atoms with Crippen LogP contribution in [0.25, 0.3) is 0 Å². The van der Waals surface area contributed by atoms with Crippen molar-refractivity contribution in [3.63, 3.8) is 0 Å². The maximum atomic E-state index is 12.8. The van der Waals surface area contributed by atoms with Crippen LogP contribution >= 0.6 is 0 Å². The molecular weight excluding hydrogens is 378 g/mol. The molecule has 2 aromatic rings. The van der Waals surface area contributed by atoms with Gasteiger partial charge in [-0.2, -0.15) is 5.26 Å². The van der Waals surface area contributed by atoms with Gasteiger partial charge in [0.05, 0.1) is 31.5 Å². The van der Waals surface area contributed by atoms with Gasteiger partial charge in [0.25, 0.3) is 0 Å². The lowest BCUT2D eigenvalue weighted by atomic mass is 10.1. The second kappa shape index (κ2) is 8.76. The zero-order valence-corrected chi connectivity index (χ0v) is 17.1. The molecule has 0 heterocycles. The second-order valence-electron chi connectivity index (χ2n) is 6.43. The average molecular weight is 401 g/mol. The number of amides is 1. The van der Waals surface area contributed by atoms with Gasteiger partial charge in [-0.15, -0.1) is 0 Å². The highest BCUT2D eigenvalue weighted by atomic mass is 32.2. The summed E-state index contributed by atoms with van der Waals surface area (Å²) < 4.78 is 31.3. The van der Waals surface area contributed by atoms with Crippen LogP contribution in [0.3, 0.4) is 0 Å². The molecule has 8 heteroatoms. The number of nitrogens with zero attached hydrogens (tertiary/aromatic N) is 2. The van der Waals surface area contributed by atoms with Crippen LogP contribution in [-0.2, 0) is 21.2 Å². The van der Waals surface area contributed by atoms with E-state index in [4.69, 9.17) is 10.00 Å². The summed E-state index contributed by atoms with van der Waals surface area (Å²) in [6.45, 7) is 3.35. The van der Waals surface area contributed by atoms with Crippen LogP contribution in [-0.4, -0.2) is 33.7 Å². The van der Waals surface area contributed by atoms with Gasteiger partial charge in [0.15, 0.2) is 0 Å². The first kappa shape index (κ1) is 21.3. The number of benzene rings is 2. The van der Waals surface area contributed by atoms with Gasteiger partial charge in [-0.25, -0.2) is 8.42 Å². The third-order valence-corrected chi connectivity index (χ3v) is 5.39. The molecule has 0 saturated carbocycles. The summed E-state index contributed by atoms with van der Waals surface area (Å²) in [5.41, 5.74) is 2.49. The first-order valence-corrected chi connectivity index (χ1v) is 10.4. The number of hydrogen-bond donors (Lipinski definition) is 1. The number of nitrogens with one attached hydrogen (secondary N) is 1. The lowest BCUT2D eigenvalue weighted by molar-refractivity contribution is -0.116. The Balaban J connectivity index is 2.33. The second-order valence-corrected chi connectivity index (χ2v) is 8.29. The highest BCUT2D eigenvalue weighted by Gasteiger charge is 2.31. The molecule has 2 rings (SSSR count). The molecular formula is C20H23N3O4S. The first-order valence-electron chi connectivity index (χ1n) is 8.58. The summed E-state index contributed by atoms with van der Waals surface area (Å²) >= 11 is 0. The smallest absolute Gasteiger partial charge is 0.247 e. The zero-order chi connectivity index (χ0) is 20.9. The molecule has 0 radical (unpaired) electrons. The largest absolute Gasteiger partial charge is 0.495 e. The predicted octanol–water partition coefficient (Wildman–Crippen LogP) is 2.86. The fourth-order valence-electron chi connectivity index (χ4n) is 2.80. The molecule has 7 nitrogen and oxygen atoms in total. The minimum Gasteiger partial charge on any atom is -0.495 e. The Hall–Kier alpha value is -3.05. The van der Waals surface area contributed by atoms with Crippen LogP contribution in [0.4, 0.5) is 11.4 Å². The molecule has 28 heavy (non-hydrogen) atoms. The Morgan fingerprint density at radius 2 is 1.89 bits per heavy atom. The van der Waals surface area contributed by atoms with Crippen LogP contribution in [0, 0.1) is 18.3 Å². The minimum absolute atomic E-state index is 0.277. The van der Waals surface area contributed by atoms with Crippen molar-refractivity contribution in [3.05, 3.63) is 53.6 Å². The molecule has 0 aromatic heterocycles. The molecule has 0 unspecified atom stereocenters. The maximum Gasteiger partial charge on any atom is 0.247 e. The molecule has 1 amide bonds. The summed E-state index contributed by atoms with van der Waals surface area (Å²) in [5, 5.41) is 11.4. The van der Waals surface area contributed by atoms with Gasteiger partial charge < -0.3 is 10.1 Å². The van der Waals surface area contributed by atoms with Crippen molar-refractivity contribution >= 4 is 27.3 Å². The van der Waals surface area contributed by atoms with Gasteiger partial charge in [-0.3, -0.25) is 9.10 Å². The summed E-state index contributed by atoms with van der Waals surface area (Å²) in [4.78, 5) is 12.8. The van der Waals surface area contributed by atoms with Gasteiger partial charge in [0.2, 0.25) is 15.9 Å². The van der Waals surface area contributed by atoms with E-state index >= 15 is 0 Å². The minimum atomic E-state index is -3.76. The van der Waals surface area contributed by atoms with Crippen molar-refractivity contribution in [2.24, 2.45) is 0 Å². The fraction of sp³-hybridized carbons (Fsp3) is 0.300. The molecule has 0 saturated heterocycles. The monoisotopic (exact) mass is 401 g/mol. The van der Waals surface area contributed by atoms with Gasteiger partial charge in [-0.05, 0) is 49.2 Å². The van der Waals surface area contributed by atoms with Crippen molar-refractivity contribution in [2.75, 3.05) is 23.0 Å². The highest BCUT2D eigenvalue weighted by Crippen LogP contribution is 2.32. The lowest BCUT2D eigenvalue weighted by Gasteiger charge is -2.29. The molecule has 1 atom stereocenters. The molecule has 1 N–H and O–H groups in total. The molecule has 148 valence electrons. The average Bonchev–Trinajstić information content (AvgIpc) is 2.62. The molecule has 0 spiro atoms. The molecule has 2 aromatic carbocycles. The predicted molar refractivity (Wildman–Crippen MR) is 109 cm³/mol. The number of hydrogen-bond acceptors (Lipinski definition) is 5. The molecule has 0 aliphatic carbocycles. The van der Waals surface area contributed by atoms with Crippen molar-refractivity contribution in [1.82, 2.24) is 0 Å². The number of rotatable bonds is 7. The third-order valence-electron chi connectivity index (χ3n) is 4.16. The number of anilines is 2. The van der Waals surface area contributed by atoms with E-state index in [-0.39, 0.29) is 6.42 Å². The number of ether oxygens (including phenoxy) is 1. The fourth-order valence-corrected chi connectivity index (χ4v) is 3.97. The lowest BCUT2D eigenvalue weighted by Crippen LogP contribution is -2.45. The van der Waals surface area contributed by atoms with Crippen molar-refractivity contribution < 1.29 is 17.9 Å². The summed E-state index contributed by atoms with van der Waals surface area (Å²) in [6.07, 6.45) is 1.33. The number of aryl methyl sites for hydroxylation is 1. The van der Waals surface area contributed by atoms with Gasteiger partial charge >= 0.3 is 0 Å². The normalized spacial score (nSPS) is 12.0. The van der Waals surface area contributed by atoms with Gasteiger partial charge in [0, 0.05) is 5.69 Å². The van der Waals surface area contributed by atoms with Gasteiger partial charge in [0.1, 0.15) is 11.8 Å². The Labute approximate surface area is 165 Å². The Morgan fingerprint density at radius 3 is 2.43 bits per heavy atom. The molecule has 0 fully saturated rings. The maximum absolute atomic E-state index is 12.8. The van der Waals surface area contributed by atoms with E-state index in [1.165, 1.54) is 14.0 Å². The van der Waals surface area contributed by atoms with Crippen LogP contribution in [0.1, 0.15) is 18.1 Å². The topological polar surface area (TPSA) is 99.5 Å². The van der Waals surface area contributed by atoms with E-state index in [0.29, 0.717) is 17.1 Å². The zero-order valence-electron chi connectivity index (χ0n) is 16.3. The molecule has 0 aliphatic rings. The van der Waals surface area contributed by atoms with Crippen LogP contribution in [0.2, 0.25) is 0 Å². The Bertz CT molecular complexity index is 995. The van der Waals surface area contributed by atoms with Crippen molar-refractivity contribution in [3.8, 4) is 11.8 Å². The number of carbonyl (C=O) groups excluding carboxylic acids is 1. The van der Waals surface area contributed by atoms with Crippen molar-refractivity contribution in [2.45, 2.75) is 26.3 Å². The number of carbonyl (C=O) groups is 1. The summed E-state index contributed by atoms with van der Waals surface area (Å²) in [5.74, 6) is -0.126. The van der Waals surface area contributed by atoms with E-state index in [2.05, 4.69) is 11.4 Å². The van der Waals surface area contributed by atoms with E-state index in [9.17, 15) is 13.2 Å². The summed E-state index contributed by atoms with van der Waals surface area (Å²) in [7, 11) is -2.31. The SMILES string of the molecule is COc1ccc(C)cc1N([C@@H](C)C(=O)Nc1ccc(CC#N)cc1)S(C)(=O)=O. The van der Waals surface area contributed by atoms with E-state index in [1.54, 1.807) is 42.5 Å². The van der Waals surface area contributed by atoms with Crippen LogP contribution < -0.4 is 14.4 Å². The van der Waals surface area contributed by atoms with E-state index in [0.717, 1.165) is 21.7 Å². The Morgan fingerprint density at radius 1 is 1.25 bits per heavy atom. The standard InChI is InChI=1S/C20H23N3O4S/c1-14-5-10-19(27-3)18(13-14)23(28(4,25)26)15(2)20(24)22-17-8-6-16(7-9-17)11-12-21/h5-10,13,15H,11H2,1-4H3,(H,22,24)/t15-/m0/s1. The van der Waals surface area contributed by atoms with Crippen molar-refractivity contribution in [1.29, 1.82) is 5.26 Å². The molecule has 0 bridgehead atoms. The quantitative estimate of drug-likeness (QED) is 0.769. The molecule has 0 aliphatic heterocycles. The van der Waals surface area contributed by atoms with Crippen LogP contribution in [0.15, 0.2) is 42.5 Å². The van der Waals surface area contributed by atoms with E-state index in [1.807, 2.05) is 6.92 Å². The van der Waals surface area contributed by atoms with E-state index < -0.39 is 22.0 Å². The van der Waals surface area contributed by atoms with Crippen LogP contribution in [0.5, 0.6) is 5.75 Å². The highest BCUT2D eigenvalue weighted by molar-refractivity contribution is 7.92. The number of sulfonamides is 1. The number of nitriles is 1. The third kappa shape index (κ3) is 5.02. The number of methoxy groups -OCH3 is 1. The summed E-state index contributed by atoms with van der Waals surface area (Å²) in [6, 6.07) is 13.0. The van der Waals surface area contributed by atoms with Gasteiger partial charge in [-0.1, -0.05) is 18.2 Å².